The van der Waals surface area contributed by atoms with E-state index in [0.29, 0.717) is 34.4 Å². The van der Waals surface area contributed by atoms with Gasteiger partial charge in [-0.15, -0.1) is 0 Å². The molecule has 6 aromatic rings. The van der Waals surface area contributed by atoms with Crippen molar-refractivity contribution >= 4 is 0 Å². The summed E-state index contributed by atoms with van der Waals surface area (Å²) in [4.78, 5) is 16.3. The summed E-state index contributed by atoms with van der Waals surface area (Å²) < 4.78 is 70.6. The van der Waals surface area contributed by atoms with Crippen molar-refractivity contribution < 1.29 is 27.0 Å². The third-order valence-corrected chi connectivity index (χ3v) is 8.32. The van der Waals surface area contributed by atoms with Crippen LogP contribution in [0.15, 0.2) is 84.9 Å². The summed E-state index contributed by atoms with van der Waals surface area (Å²) in [5, 5.41) is 0. The van der Waals surface area contributed by atoms with Crippen molar-refractivity contribution in [3.05, 3.63) is 142 Å². The molecule has 0 N–H and O–H groups in total. The molecule has 4 aromatic heterocycles. The molecule has 0 spiro atoms. The number of halogens is 4. The van der Waals surface area contributed by atoms with Crippen LogP contribution in [0.1, 0.15) is 47.5 Å². The van der Waals surface area contributed by atoms with Crippen LogP contribution >= 0.6 is 0 Å². The first-order chi connectivity index (χ1) is 23.3. The Labute approximate surface area is 281 Å². The number of para-hydroxylation sites is 2. The first-order valence-electron chi connectivity index (χ1n) is 15.5. The van der Waals surface area contributed by atoms with Crippen molar-refractivity contribution in [1.29, 1.82) is 0 Å². The topological polar surface area (TPSA) is 70.0 Å². The highest BCUT2D eigenvalue weighted by molar-refractivity contribution is 5.64. The van der Waals surface area contributed by atoms with Crippen molar-refractivity contribution in [2.45, 2.75) is 47.0 Å². The predicted octanol–water partition coefficient (Wildman–Crippen LogP) is 10.3. The van der Waals surface area contributed by atoms with E-state index in [9.17, 15) is 8.78 Å². The minimum atomic E-state index is -1.06. The highest BCUT2D eigenvalue weighted by atomic mass is 19.1. The molecule has 6 nitrogen and oxygen atoms in total. The van der Waals surface area contributed by atoms with Gasteiger partial charge in [-0.1, -0.05) is 36.4 Å². The zero-order valence-electron chi connectivity index (χ0n) is 27.7. The quantitative estimate of drug-likeness (QED) is 0.119. The van der Waals surface area contributed by atoms with Crippen molar-refractivity contribution in [3.63, 3.8) is 0 Å². The zero-order chi connectivity index (χ0) is 35.0. The Bertz CT molecular complexity index is 2030. The van der Waals surface area contributed by atoms with Crippen molar-refractivity contribution in [2.75, 3.05) is 0 Å². The van der Waals surface area contributed by atoms with Crippen molar-refractivity contribution in [3.8, 4) is 45.5 Å². The van der Waals surface area contributed by atoms with Crippen LogP contribution < -0.4 is 9.47 Å². The summed E-state index contributed by atoms with van der Waals surface area (Å²) in [6, 6.07) is 22.7. The molecule has 0 saturated carbocycles. The van der Waals surface area contributed by atoms with Crippen LogP contribution in [0.25, 0.3) is 22.5 Å². The van der Waals surface area contributed by atoms with Gasteiger partial charge in [-0.2, -0.15) is 27.5 Å². The summed E-state index contributed by atoms with van der Waals surface area (Å²) >= 11 is 0. The molecule has 10 heteroatoms. The van der Waals surface area contributed by atoms with Gasteiger partial charge in [0.2, 0.25) is 23.8 Å². The number of nitrogens with zero attached hydrogens (tertiary/aromatic N) is 4. The van der Waals surface area contributed by atoms with Gasteiger partial charge in [-0.25, -0.2) is 0 Å². The van der Waals surface area contributed by atoms with Crippen LogP contribution in [0, 0.1) is 51.5 Å². The van der Waals surface area contributed by atoms with E-state index in [-0.39, 0.29) is 22.5 Å². The second-order valence-electron chi connectivity index (χ2n) is 12.4. The molecular weight excluding hydrogens is 632 g/mol. The number of hydrogen-bond acceptors (Lipinski definition) is 6. The molecule has 0 aliphatic carbocycles. The lowest BCUT2D eigenvalue weighted by Crippen LogP contribution is -2.23. The minimum Gasteiger partial charge on any atom is -0.457 e. The first-order valence-corrected chi connectivity index (χ1v) is 15.5. The van der Waals surface area contributed by atoms with E-state index in [1.54, 1.807) is 24.3 Å². The van der Waals surface area contributed by atoms with Gasteiger partial charge in [-0.3, -0.25) is 9.97 Å². The van der Waals surface area contributed by atoms with Gasteiger partial charge in [0.05, 0.1) is 33.9 Å². The van der Waals surface area contributed by atoms with Crippen LogP contribution in [0.4, 0.5) is 17.6 Å². The number of benzene rings is 2. The van der Waals surface area contributed by atoms with Gasteiger partial charge in [0, 0.05) is 29.7 Å². The van der Waals surface area contributed by atoms with E-state index in [4.69, 9.17) is 19.4 Å². The average molecular weight is 665 g/mol. The number of aromatic nitrogens is 4. The highest BCUT2D eigenvalue weighted by Gasteiger charge is 2.30. The van der Waals surface area contributed by atoms with Gasteiger partial charge >= 0.3 is 0 Å². The molecule has 0 radical (unpaired) electrons. The van der Waals surface area contributed by atoms with Gasteiger partial charge in [0.25, 0.3) is 0 Å². The van der Waals surface area contributed by atoms with E-state index in [2.05, 4.69) is 9.97 Å². The third-order valence-electron chi connectivity index (χ3n) is 8.32. The lowest BCUT2D eigenvalue weighted by atomic mass is 9.84. The van der Waals surface area contributed by atoms with E-state index < -0.39 is 29.2 Å². The molecule has 0 unspecified atom stereocenters. The molecule has 6 rings (SSSR count). The Morgan fingerprint density at radius 2 is 0.857 bits per heavy atom. The SMILES string of the molecule is Cc1cccc(C)c1Oc1cc(-c2ccc(F)nc2F)nc(C(C)(C)c2cc(Oc3c(C)cccc3C)cc(-c3ccc(F)nc3F)n2)c1. The fraction of sp³-hybridized carbons (Fsp3) is 0.179. The Kier molecular flexibility index (Phi) is 8.90. The Morgan fingerprint density at radius 3 is 1.20 bits per heavy atom. The van der Waals surface area contributed by atoms with Crippen LogP contribution in [-0.4, -0.2) is 19.9 Å². The average Bonchev–Trinajstić information content (AvgIpc) is 3.04. The maximum Gasteiger partial charge on any atom is 0.224 e. The third kappa shape index (κ3) is 6.85. The van der Waals surface area contributed by atoms with Gasteiger partial charge in [0.15, 0.2) is 0 Å². The molecule has 0 amide bonds. The molecule has 0 aliphatic rings. The molecular formula is C39H32F4N4O2. The largest absolute Gasteiger partial charge is 0.457 e. The van der Waals surface area contributed by atoms with Gasteiger partial charge in [0.1, 0.15) is 23.0 Å². The summed E-state index contributed by atoms with van der Waals surface area (Å²) in [6.45, 7) is 11.3. The number of hydrogen-bond donors (Lipinski definition) is 0. The maximum atomic E-state index is 15.1. The lowest BCUT2D eigenvalue weighted by molar-refractivity contribution is 0.466. The second kappa shape index (κ2) is 13.1. The van der Waals surface area contributed by atoms with Crippen LogP contribution in [0.5, 0.6) is 23.0 Å². The molecule has 0 bridgehead atoms. The van der Waals surface area contributed by atoms with Crippen LogP contribution in [0.3, 0.4) is 0 Å². The van der Waals surface area contributed by atoms with E-state index >= 15 is 8.78 Å². The molecule has 0 atom stereocenters. The normalized spacial score (nSPS) is 11.5. The second-order valence-corrected chi connectivity index (χ2v) is 12.4. The van der Waals surface area contributed by atoms with E-state index in [1.165, 1.54) is 12.1 Å². The molecule has 49 heavy (non-hydrogen) atoms. The van der Waals surface area contributed by atoms with E-state index in [0.717, 1.165) is 34.4 Å². The monoisotopic (exact) mass is 664 g/mol. The fourth-order valence-electron chi connectivity index (χ4n) is 5.54. The fourth-order valence-corrected chi connectivity index (χ4v) is 5.54. The summed E-state index contributed by atoms with van der Waals surface area (Å²) in [5.74, 6) is -2.10. The van der Waals surface area contributed by atoms with Gasteiger partial charge in [-0.05, 0) is 88.1 Å². The smallest absolute Gasteiger partial charge is 0.224 e. The van der Waals surface area contributed by atoms with Crippen LogP contribution in [0.2, 0.25) is 0 Å². The van der Waals surface area contributed by atoms with Gasteiger partial charge < -0.3 is 9.47 Å². The van der Waals surface area contributed by atoms with E-state index in [1.807, 2.05) is 77.9 Å². The lowest BCUT2D eigenvalue weighted by Gasteiger charge is -2.26. The van der Waals surface area contributed by atoms with Crippen molar-refractivity contribution in [1.82, 2.24) is 19.9 Å². The number of aryl methyl sites for hydroxylation is 4. The Hall–Kier alpha value is -5.64. The van der Waals surface area contributed by atoms with Crippen molar-refractivity contribution in [2.24, 2.45) is 0 Å². The number of rotatable bonds is 8. The predicted molar refractivity (Wildman–Crippen MR) is 179 cm³/mol. The molecule has 0 aliphatic heterocycles. The molecule has 0 fully saturated rings. The minimum absolute atomic E-state index is 0.0365. The standard InChI is InChI=1S/C39H32F4N4O2/c1-21-9-7-10-22(2)35(21)48-25-17-29(27-13-15-33(40)46-37(27)42)44-31(19-25)39(5,6)32-20-26(49-36-23(3)11-8-12-24(36)4)18-30(45-32)28-14-16-34(41)47-38(28)43/h7-20H,1-6H3. The first kappa shape index (κ1) is 33.3. The molecule has 2 aromatic carbocycles. The maximum absolute atomic E-state index is 15.1. The summed E-state index contributed by atoms with van der Waals surface area (Å²) in [6.07, 6.45) is 0. The zero-order valence-corrected chi connectivity index (χ0v) is 27.7. The molecule has 248 valence electrons. The highest BCUT2D eigenvalue weighted by Crippen LogP contribution is 2.40. The Balaban J connectivity index is 1.55. The Morgan fingerprint density at radius 1 is 0.490 bits per heavy atom. The summed E-state index contributed by atoms with van der Waals surface area (Å²) in [7, 11) is 0. The molecule has 0 saturated heterocycles. The number of ether oxygens (including phenoxy) is 2. The summed E-state index contributed by atoms with van der Waals surface area (Å²) in [5.41, 5.74) is 3.48. The molecule has 4 heterocycles. The number of pyridine rings is 4. The van der Waals surface area contributed by atoms with Crippen LogP contribution in [-0.2, 0) is 5.41 Å².